The highest BCUT2D eigenvalue weighted by Gasteiger charge is 2.36. The lowest BCUT2D eigenvalue weighted by Gasteiger charge is -2.31. The van der Waals surface area contributed by atoms with Gasteiger partial charge in [-0.1, -0.05) is 30.3 Å². The molecule has 0 saturated carbocycles. The van der Waals surface area contributed by atoms with Crippen LogP contribution in [0.3, 0.4) is 0 Å². The Balaban J connectivity index is 2.00. The van der Waals surface area contributed by atoms with Crippen LogP contribution < -0.4 is 10.2 Å². The Kier molecular flexibility index (Phi) is 3.73. The Morgan fingerprint density at radius 1 is 0.960 bits per heavy atom. The minimum Gasteiger partial charge on any atom is -0.370 e. The maximum Gasteiger partial charge on any atom is 0.261 e. The van der Waals surface area contributed by atoms with E-state index in [0.29, 0.717) is 27.9 Å². The third-order valence-corrected chi connectivity index (χ3v) is 4.86. The molecule has 1 N–H and O–H groups in total. The Bertz CT molecular complexity index is 907. The summed E-state index contributed by atoms with van der Waals surface area (Å²) in [4.78, 5) is 27.1. The molecule has 5 heteroatoms. The first-order valence-electron chi connectivity index (χ1n) is 8.48. The number of piperidine rings is 1. The fourth-order valence-electron chi connectivity index (χ4n) is 3.73. The van der Waals surface area contributed by atoms with Crippen LogP contribution in [0.2, 0.25) is 0 Å². The van der Waals surface area contributed by atoms with E-state index in [2.05, 4.69) is 16.3 Å². The number of carbonyl (C=O) groups excluding carboxylic acids is 2. The molecule has 0 unspecified atom stereocenters. The molecule has 5 nitrogen and oxygen atoms in total. The van der Waals surface area contributed by atoms with Crippen molar-refractivity contribution in [2.24, 2.45) is 0 Å². The molecule has 0 aliphatic carbocycles. The lowest BCUT2D eigenvalue weighted by atomic mass is 9.91. The van der Waals surface area contributed by atoms with Gasteiger partial charge in [0.15, 0.2) is 0 Å². The van der Waals surface area contributed by atoms with Gasteiger partial charge in [0.05, 0.1) is 22.4 Å². The highest BCUT2D eigenvalue weighted by Crippen LogP contribution is 2.39. The van der Waals surface area contributed by atoms with Gasteiger partial charge in [-0.15, -0.1) is 0 Å². The summed E-state index contributed by atoms with van der Waals surface area (Å²) in [5.41, 5.74) is 3.26. The lowest BCUT2D eigenvalue weighted by Crippen LogP contribution is -2.32. The molecular formula is C20H17N3O2. The number of benzene rings is 2. The quantitative estimate of drug-likeness (QED) is 0.858. The second-order valence-electron chi connectivity index (χ2n) is 6.38. The van der Waals surface area contributed by atoms with Gasteiger partial charge in [0, 0.05) is 13.1 Å². The van der Waals surface area contributed by atoms with Gasteiger partial charge in [-0.3, -0.25) is 14.9 Å². The van der Waals surface area contributed by atoms with Crippen molar-refractivity contribution in [3.05, 3.63) is 53.1 Å². The summed E-state index contributed by atoms with van der Waals surface area (Å²) in [5, 5.41) is 12.1. The van der Waals surface area contributed by atoms with E-state index in [-0.39, 0.29) is 5.91 Å². The summed E-state index contributed by atoms with van der Waals surface area (Å²) in [5.74, 6) is -0.795. The van der Waals surface area contributed by atoms with Crippen LogP contribution >= 0.6 is 0 Å². The number of anilines is 1. The fraction of sp³-hybridized carbons (Fsp3) is 0.250. The number of fused-ring (bicyclic) bond motifs is 1. The highest BCUT2D eigenvalue weighted by atomic mass is 16.2. The van der Waals surface area contributed by atoms with Crippen LogP contribution in [-0.4, -0.2) is 24.9 Å². The second-order valence-corrected chi connectivity index (χ2v) is 6.38. The van der Waals surface area contributed by atoms with Gasteiger partial charge in [-0.05, 0) is 36.5 Å². The molecule has 1 saturated heterocycles. The monoisotopic (exact) mass is 331 g/mol. The Labute approximate surface area is 145 Å². The minimum atomic E-state index is -0.408. The van der Waals surface area contributed by atoms with Crippen molar-refractivity contribution in [1.82, 2.24) is 5.32 Å². The molecule has 2 aliphatic rings. The molecular weight excluding hydrogens is 314 g/mol. The maximum atomic E-state index is 12.5. The van der Waals surface area contributed by atoms with Gasteiger partial charge in [0.2, 0.25) is 0 Å². The Morgan fingerprint density at radius 3 is 2.32 bits per heavy atom. The average Bonchev–Trinajstić information content (AvgIpc) is 2.96. The van der Waals surface area contributed by atoms with Crippen molar-refractivity contribution >= 4 is 17.5 Å². The van der Waals surface area contributed by atoms with Gasteiger partial charge < -0.3 is 4.90 Å². The highest BCUT2D eigenvalue weighted by molar-refractivity contribution is 6.27. The molecule has 2 amide bonds. The van der Waals surface area contributed by atoms with Crippen molar-refractivity contribution in [3.63, 3.8) is 0 Å². The number of carbonyl (C=O) groups is 2. The van der Waals surface area contributed by atoms with Crippen LogP contribution in [0, 0.1) is 11.3 Å². The standard InChI is InChI=1S/C20H17N3O2/c21-12-14-11-15(13-7-3-1-4-8-13)16-17(20(25)22-19(16)24)18(14)23-9-5-2-6-10-23/h1,3-4,7-8,11H,2,5-6,9-10H2,(H,22,24,25). The Morgan fingerprint density at radius 2 is 1.64 bits per heavy atom. The number of imide groups is 1. The first-order valence-corrected chi connectivity index (χ1v) is 8.48. The van der Waals surface area contributed by atoms with Gasteiger partial charge in [-0.25, -0.2) is 0 Å². The molecule has 25 heavy (non-hydrogen) atoms. The minimum absolute atomic E-state index is 0.352. The molecule has 0 spiro atoms. The van der Waals surface area contributed by atoms with Crippen LogP contribution in [0.5, 0.6) is 0 Å². The van der Waals surface area contributed by atoms with Crippen LogP contribution in [0.1, 0.15) is 45.5 Å². The van der Waals surface area contributed by atoms with E-state index < -0.39 is 5.91 Å². The first kappa shape index (κ1) is 15.4. The molecule has 1 fully saturated rings. The molecule has 2 aromatic carbocycles. The maximum absolute atomic E-state index is 12.5. The third kappa shape index (κ3) is 2.47. The van der Waals surface area contributed by atoms with E-state index in [0.717, 1.165) is 37.9 Å². The molecule has 0 bridgehead atoms. The van der Waals surface area contributed by atoms with E-state index in [1.807, 2.05) is 30.3 Å². The zero-order chi connectivity index (χ0) is 17.4. The summed E-state index contributed by atoms with van der Waals surface area (Å²) >= 11 is 0. The number of rotatable bonds is 2. The zero-order valence-electron chi connectivity index (χ0n) is 13.7. The number of nitrogens with zero attached hydrogens (tertiary/aromatic N) is 2. The van der Waals surface area contributed by atoms with Crippen molar-refractivity contribution in [1.29, 1.82) is 5.26 Å². The van der Waals surface area contributed by atoms with E-state index in [4.69, 9.17) is 0 Å². The molecule has 2 aromatic rings. The predicted molar refractivity (Wildman–Crippen MR) is 94.5 cm³/mol. The summed E-state index contributed by atoms with van der Waals surface area (Å²) in [6.45, 7) is 1.60. The number of nitriles is 1. The van der Waals surface area contributed by atoms with Crippen molar-refractivity contribution < 1.29 is 9.59 Å². The van der Waals surface area contributed by atoms with Crippen LogP contribution in [0.4, 0.5) is 5.69 Å². The molecule has 4 rings (SSSR count). The van der Waals surface area contributed by atoms with E-state index in [1.165, 1.54) is 0 Å². The number of hydrogen-bond donors (Lipinski definition) is 1. The van der Waals surface area contributed by atoms with E-state index >= 15 is 0 Å². The molecule has 0 aromatic heterocycles. The SMILES string of the molecule is N#Cc1cc(-c2ccccc2)c2c(c1N1CCCCC1)C(=O)NC2=O. The molecule has 0 radical (unpaired) electrons. The molecule has 124 valence electrons. The smallest absolute Gasteiger partial charge is 0.261 e. The summed E-state index contributed by atoms with van der Waals surface area (Å²) in [6, 6.07) is 13.4. The van der Waals surface area contributed by atoms with Gasteiger partial charge in [0.25, 0.3) is 11.8 Å². The molecule has 2 aliphatic heterocycles. The van der Waals surface area contributed by atoms with E-state index in [9.17, 15) is 14.9 Å². The fourth-order valence-corrected chi connectivity index (χ4v) is 3.73. The summed E-state index contributed by atoms with van der Waals surface area (Å²) < 4.78 is 0. The summed E-state index contributed by atoms with van der Waals surface area (Å²) in [6.07, 6.45) is 3.19. The molecule has 0 atom stereocenters. The first-order chi connectivity index (χ1) is 12.2. The van der Waals surface area contributed by atoms with E-state index in [1.54, 1.807) is 6.07 Å². The largest absolute Gasteiger partial charge is 0.370 e. The normalized spacial score (nSPS) is 16.4. The second kappa shape index (κ2) is 6.06. The topological polar surface area (TPSA) is 73.2 Å². The summed E-state index contributed by atoms with van der Waals surface area (Å²) in [7, 11) is 0. The predicted octanol–water partition coefficient (Wildman–Crippen LogP) is 3.10. The molecule has 2 heterocycles. The number of nitrogens with one attached hydrogen (secondary N) is 1. The zero-order valence-corrected chi connectivity index (χ0v) is 13.7. The van der Waals surface area contributed by atoms with Gasteiger partial charge in [0.1, 0.15) is 6.07 Å². The van der Waals surface area contributed by atoms with Crippen molar-refractivity contribution in [3.8, 4) is 17.2 Å². The lowest BCUT2D eigenvalue weighted by molar-refractivity contribution is 0.0880. The van der Waals surface area contributed by atoms with Crippen LogP contribution in [0.15, 0.2) is 36.4 Å². The van der Waals surface area contributed by atoms with Gasteiger partial charge in [-0.2, -0.15) is 5.26 Å². The number of hydrogen-bond acceptors (Lipinski definition) is 4. The Hall–Kier alpha value is -3.13. The van der Waals surface area contributed by atoms with Crippen molar-refractivity contribution in [2.45, 2.75) is 19.3 Å². The number of amides is 2. The average molecular weight is 331 g/mol. The van der Waals surface area contributed by atoms with Gasteiger partial charge >= 0.3 is 0 Å². The third-order valence-electron chi connectivity index (χ3n) is 4.86. The van der Waals surface area contributed by atoms with Crippen LogP contribution in [0.25, 0.3) is 11.1 Å². The van der Waals surface area contributed by atoms with Crippen LogP contribution in [-0.2, 0) is 0 Å². The van der Waals surface area contributed by atoms with Crippen molar-refractivity contribution in [2.75, 3.05) is 18.0 Å².